The summed E-state index contributed by atoms with van der Waals surface area (Å²) in [5, 5.41) is 5.69. The molecule has 4 amide bonds. The van der Waals surface area contributed by atoms with Crippen molar-refractivity contribution in [3.8, 4) is 33.6 Å². The molecule has 294 valence electrons. The van der Waals surface area contributed by atoms with Crippen LogP contribution in [0.1, 0.15) is 87.9 Å². The number of amides is 4. The van der Waals surface area contributed by atoms with Crippen LogP contribution in [0, 0.1) is 11.8 Å². The Morgan fingerprint density at radius 1 is 0.589 bits per heavy atom. The predicted octanol–water partition coefficient (Wildman–Crippen LogP) is 6.51. The molecule has 14 nitrogen and oxygen atoms in total. The molecule has 4 heterocycles. The van der Waals surface area contributed by atoms with E-state index in [-0.39, 0.29) is 47.8 Å². The molecular formula is C42H50N8O6. The number of nitrogens with zero attached hydrogens (tertiary/aromatic N) is 4. The minimum atomic E-state index is -0.452. The number of hydrogen-bond acceptors (Lipinski definition) is 8. The van der Waals surface area contributed by atoms with Crippen molar-refractivity contribution in [2.45, 2.75) is 88.4 Å². The quantitative estimate of drug-likeness (QED) is 0.149. The number of carbonyl (C=O) groups excluding carboxylic acids is 4. The molecule has 4 N–H and O–H groups in total. The van der Waals surface area contributed by atoms with Gasteiger partial charge in [-0.3, -0.25) is 9.59 Å². The highest BCUT2D eigenvalue weighted by Crippen LogP contribution is 2.38. The highest BCUT2D eigenvalue weighted by Gasteiger charge is 2.40. The highest BCUT2D eigenvalue weighted by atomic mass is 16.5. The lowest BCUT2D eigenvalue weighted by Gasteiger charge is -2.26. The first-order chi connectivity index (χ1) is 27.3. The first-order valence-electron chi connectivity index (χ1n) is 19.9. The van der Waals surface area contributed by atoms with Gasteiger partial charge in [0, 0.05) is 37.0 Å². The number of H-pyrrole nitrogens is 2. The van der Waals surface area contributed by atoms with E-state index in [1.165, 1.54) is 14.2 Å². The first kappa shape index (κ1) is 37.3. The van der Waals surface area contributed by atoms with Gasteiger partial charge in [0.1, 0.15) is 11.6 Å². The standard InChI is InChI=1S/C42H50N8O6/c1-55-41(53)45-31-17-15-29(21-31)39(51)49-19-3-5-35(49)37-43-23-33(47-37)27-11-7-25(8-12-27)26-9-13-28(14-10-26)34-24-44-38(48-34)36-6-4-20-50(36)40(52)30-16-18-32(22-30)46-42(54)56-2/h7-14,23-24,29-32,35-36H,3-6,15-22H2,1-2H3,(H,43,47)(H,44,48)(H,45,53)(H,46,54)/t29-,30-,31+,32+,35+,36+/m1/s1. The third-order valence-corrected chi connectivity index (χ3v) is 12.2. The fraction of sp³-hybridized carbons (Fsp3) is 0.476. The summed E-state index contributed by atoms with van der Waals surface area (Å²) in [5.74, 6) is 1.67. The number of hydrogen-bond donors (Lipinski definition) is 4. The maximum Gasteiger partial charge on any atom is 0.407 e. The first-order valence-corrected chi connectivity index (χ1v) is 19.9. The zero-order chi connectivity index (χ0) is 38.8. The molecule has 4 aliphatic rings. The number of imidazole rings is 2. The van der Waals surface area contributed by atoms with Crippen LogP contribution in [0.5, 0.6) is 0 Å². The summed E-state index contributed by atoms with van der Waals surface area (Å²) < 4.78 is 9.47. The van der Waals surface area contributed by atoms with E-state index in [9.17, 15) is 19.2 Å². The van der Waals surface area contributed by atoms with Gasteiger partial charge in [-0.2, -0.15) is 0 Å². The molecule has 2 aromatic heterocycles. The number of likely N-dealkylation sites (tertiary alicyclic amines) is 2. The minimum Gasteiger partial charge on any atom is -0.453 e. The van der Waals surface area contributed by atoms with Crippen LogP contribution in [0.3, 0.4) is 0 Å². The van der Waals surface area contributed by atoms with Crippen LogP contribution >= 0.6 is 0 Å². The third-order valence-electron chi connectivity index (χ3n) is 12.2. The van der Waals surface area contributed by atoms with Gasteiger partial charge < -0.3 is 39.9 Å². The second-order valence-electron chi connectivity index (χ2n) is 15.6. The Balaban J connectivity index is 0.875. The van der Waals surface area contributed by atoms with Crippen molar-refractivity contribution in [1.29, 1.82) is 0 Å². The van der Waals surface area contributed by atoms with Gasteiger partial charge in [0.15, 0.2) is 0 Å². The van der Waals surface area contributed by atoms with Crippen molar-refractivity contribution in [3.05, 3.63) is 72.6 Å². The number of alkyl carbamates (subject to hydrolysis) is 2. The molecule has 0 spiro atoms. The summed E-state index contributed by atoms with van der Waals surface area (Å²) in [6.07, 6.45) is 10.7. The third kappa shape index (κ3) is 7.74. The van der Waals surface area contributed by atoms with Crippen molar-refractivity contribution >= 4 is 24.0 Å². The van der Waals surface area contributed by atoms with Crippen LogP contribution in [0.4, 0.5) is 9.59 Å². The number of methoxy groups -OCH3 is 2. The van der Waals surface area contributed by atoms with Gasteiger partial charge in [-0.1, -0.05) is 48.5 Å². The van der Waals surface area contributed by atoms with Gasteiger partial charge in [-0.25, -0.2) is 19.6 Å². The molecule has 2 aliphatic carbocycles. The molecule has 0 bridgehead atoms. The second kappa shape index (κ2) is 16.2. The average Bonchev–Trinajstić information content (AvgIpc) is 4.08. The summed E-state index contributed by atoms with van der Waals surface area (Å²) in [5.41, 5.74) is 6.02. The van der Waals surface area contributed by atoms with Crippen LogP contribution in [0.25, 0.3) is 33.6 Å². The number of ether oxygens (including phenoxy) is 2. The average molecular weight is 763 g/mol. The Morgan fingerprint density at radius 2 is 0.982 bits per heavy atom. The molecule has 2 aromatic carbocycles. The van der Waals surface area contributed by atoms with Crippen molar-refractivity contribution in [2.24, 2.45) is 11.8 Å². The molecule has 4 aromatic rings. The zero-order valence-electron chi connectivity index (χ0n) is 32.0. The molecule has 2 saturated heterocycles. The van der Waals surface area contributed by atoms with Crippen molar-refractivity contribution in [1.82, 2.24) is 40.4 Å². The molecule has 0 radical (unpaired) electrons. The molecule has 0 unspecified atom stereocenters. The lowest BCUT2D eigenvalue weighted by atomic mass is 10.0. The Labute approximate surface area is 326 Å². The van der Waals surface area contributed by atoms with Crippen LogP contribution in [0.15, 0.2) is 60.9 Å². The summed E-state index contributed by atoms with van der Waals surface area (Å²) in [6.45, 7) is 1.42. The summed E-state index contributed by atoms with van der Waals surface area (Å²) in [4.78, 5) is 70.8. The molecule has 2 aliphatic heterocycles. The van der Waals surface area contributed by atoms with E-state index >= 15 is 0 Å². The Morgan fingerprint density at radius 3 is 1.38 bits per heavy atom. The number of benzene rings is 2. The molecule has 6 atom stereocenters. The monoisotopic (exact) mass is 762 g/mol. The lowest BCUT2D eigenvalue weighted by molar-refractivity contribution is -0.137. The number of aromatic nitrogens is 4. The van der Waals surface area contributed by atoms with Crippen molar-refractivity contribution < 1.29 is 28.7 Å². The van der Waals surface area contributed by atoms with Crippen LogP contribution in [0.2, 0.25) is 0 Å². The van der Waals surface area contributed by atoms with E-state index in [4.69, 9.17) is 19.4 Å². The van der Waals surface area contributed by atoms with Crippen molar-refractivity contribution in [2.75, 3.05) is 27.3 Å². The largest absolute Gasteiger partial charge is 0.453 e. The smallest absolute Gasteiger partial charge is 0.407 e. The summed E-state index contributed by atoms with van der Waals surface area (Å²) in [7, 11) is 2.70. The van der Waals surface area contributed by atoms with E-state index in [0.29, 0.717) is 25.9 Å². The maximum atomic E-state index is 13.6. The maximum absolute atomic E-state index is 13.6. The Hall–Kier alpha value is -5.66. The topological polar surface area (TPSA) is 175 Å². The normalized spacial score (nSPS) is 24.7. The number of nitrogens with one attached hydrogen (secondary N) is 4. The van der Waals surface area contributed by atoms with Gasteiger partial charge in [0.25, 0.3) is 0 Å². The Kier molecular flexibility index (Phi) is 10.8. The number of aromatic amines is 2. The molecule has 2 saturated carbocycles. The van der Waals surface area contributed by atoms with Crippen LogP contribution < -0.4 is 10.6 Å². The minimum absolute atomic E-state index is 0.0389. The number of rotatable bonds is 9. The second-order valence-corrected chi connectivity index (χ2v) is 15.6. The highest BCUT2D eigenvalue weighted by molar-refractivity contribution is 5.81. The van der Waals surface area contributed by atoms with E-state index in [2.05, 4.69) is 69.1 Å². The lowest BCUT2D eigenvalue weighted by Crippen LogP contribution is -2.37. The fourth-order valence-corrected chi connectivity index (χ4v) is 9.21. The summed E-state index contributed by atoms with van der Waals surface area (Å²) in [6, 6.07) is 16.5. The van der Waals surface area contributed by atoms with E-state index in [1.54, 1.807) is 0 Å². The van der Waals surface area contributed by atoms with E-state index in [0.717, 1.165) is 96.7 Å². The zero-order valence-corrected chi connectivity index (χ0v) is 32.0. The van der Waals surface area contributed by atoms with Crippen LogP contribution in [-0.4, -0.2) is 93.1 Å². The SMILES string of the molecule is COC(=O)N[C@H]1CC[C@@H](C(=O)N2CCC[C@H]2c2ncc(-c3ccc(-c4ccc(-c5cnc([C@@H]6CCCN6C(=O)[C@@H]6CC[C@H](NC(=O)OC)C6)[nH]5)cc4)cc3)[nH]2)C1. The predicted molar refractivity (Wildman–Crippen MR) is 208 cm³/mol. The van der Waals surface area contributed by atoms with Gasteiger partial charge in [-0.15, -0.1) is 0 Å². The van der Waals surface area contributed by atoms with Gasteiger partial charge >= 0.3 is 12.2 Å². The van der Waals surface area contributed by atoms with E-state index < -0.39 is 12.2 Å². The van der Waals surface area contributed by atoms with Gasteiger partial charge in [-0.05, 0) is 86.5 Å². The van der Waals surface area contributed by atoms with Gasteiger partial charge in [0.2, 0.25) is 11.8 Å². The molecular weight excluding hydrogens is 713 g/mol. The molecule has 8 rings (SSSR count). The summed E-state index contributed by atoms with van der Waals surface area (Å²) >= 11 is 0. The number of carbonyl (C=O) groups is 4. The van der Waals surface area contributed by atoms with E-state index in [1.807, 2.05) is 22.2 Å². The van der Waals surface area contributed by atoms with Crippen molar-refractivity contribution in [3.63, 3.8) is 0 Å². The molecule has 14 heteroatoms. The fourth-order valence-electron chi connectivity index (χ4n) is 9.21. The molecule has 56 heavy (non-hydrogen) atoms. The molecule has 4 fully saturated rings. The van der Waals surface area contributed by atoms with Gasteiger partial charge in [0.05, 0.1) is 50.1 Å². The van der Waals surface area contributed by atoms with Crippen LogP contribution in [-0.2, 0) is 19.1 Å². The Bertz CT molecular complexity index is 1900.